The number of imidazole rings is 4. The summed E-state index contributed by atoms with van der Waals surface area (Å²) in [6.45, 7) is -11.0. The highest BCUT2D eigenvalue weighted by molar-refractivity contribution is 6.05. The van der Waals surface area contributed by atoms with Gasteiger partial charge in [0, 0.05) is 111 Å². The second kappa shape index (κ2) is 39.7. The number of halogens is 9. The van der Waals surface area contributed by atoms with Gasteiger partial charge in [-0.15, -0.1) is 0 Å². The van der Waals surface area contributed by atoms with E-state index in [2.05, 4.69) is 24.7 Å². The summed E-state index contributed by atoms with van der Waals surface area (Å²) in [7, 11) is 8.58. The lowest BCUT2D eigenvalue weighted by Crippen LogP contribution is -2.22. The van der Waals surface area contributed by atoms with Crippen LogP contribution in [0.4, 0.5) is 39.5 Å². The number of pyridine rings is 4. The van der Waals surface area contributed by atoms with Crippen LogP contribution in [-0.2, 0) is 19.0 Å². The topological polar surface area (TPSA) is 287 Å². The zero-order valence-electron chi connectivity index (χ0n) is 68.3. The van der Waals surface area contributed by atoms with Gasteiger partial charge in [0.15, 0.2) is 35.7 Å². The molecule has 8 aromatic heterocycles. The molecule has 125 heavy (non-hydrogen) atoms. The summed E-state index contributed by atoms with van der Waals surface area (Å²) in [5.74, 6) is 1.11. The van der Waals surface area contributed by atoms with E-state index < -0.39 is 38.6 Å². The zero-order chi connectivity index (χ0) is 88.3. The molecule has 0 bridgehead atoms. The molecule has 0 spiro atoms. The second-order valence-electron chi connectivity index (χ2n) is 29.9. The van der Waals surface area contributed by atoms with Crippen LogP contribution in [0.3, 0.4) is 0 Å². The van der Waals surface area contributed by atoms with Crippen molar-refractivity contribution in [2.24, 2.45) is 23.7 Å². The molecular weight excluding hydrogens is 1660 g/mol. The van der Waals surface area contributed by atoms with Crippen LogP contribution >= 0.6 is 0 Å². The highest BCUT2D eigenvalue weighted by atomic mass is 19.3. The Balaban J connectivity index is 0.000000136. The van der Waals surface area contributed by atoms with Crippen LogP contribution in [0.5, 0.6) is 63.2 Å². The summed E-state index contributed by atoms with van der Waals surface area (Å²) >= 11 is 0. The number of carbonyl (C=O) groups is 5. The highest BCUT2D eigenvalue weighted by Crippen LogP contribution is 2.47. The number of ether oxygens (including phenoxy) is 14. The summed E-state index contributed by atoms with van der Waals surface area (Å²) in [5.41, 5.74) is 6.54. The summed E-state index contributed by atoms with van der Waals surface area (Å²) < 4.78 is 198. The number of ketones is 4. The fourth-order valence-electron chi connectivity index (χ4n) is 14.0. The minimum Gasteiger partial charge on any atom is -0.496 e. The molecule has 4 aromatic carbocycles. The van der Waals surface area contributed by atoms with Crippen molar-refractivity contribution in [2.45, 2.75) is 116 Å². The first-order valence-corrected chi connectivity index (χ1v) is 39.8. The Morgan fingerprint density at radius 3 is 0.952 bits per heavy atom. The monoisotopic (exact) mass is 1740 g/mol. The molecule has 36 heteroatoms. The van der Waals surface area contributed by atoms with Gasteiger partial charge < -0.3 is 66.3 Å². The molecule has 1 saturated heterocycles. The van der Waals surface area contributed by atoms with Crippen molar-refractivity contribution in [1.82, 2.24) is 37.5 Å². The predicted octanol–water partition coefficient (Wildman–Crippen LogP) is 17.9. The quantitative estimate of drug-likeness (QED) is 0.0114. The first-order chi connectivity index (χ1) is 60.4. The van der Waals surface area contributed by atoms with Gasteiger partial charge >= 0.3 is 26.4 Å². The first kappa shape index (κ1) is 88.4. The van der Waals surface area contributed by atoms with Gasteiger partial charge in [-0.2, -0.15) is 35.1 Å². The molecule has 27 nitrogen and oxygen atoms in total. The molecule has 4 saturated carbocycles. The van der Waals surface area contributed by atoms with Gasteiger partial charge in [-0.25, -0.2) is 24.3 Å². The summed E-state index contributed by atoms with van der Waals surface area (Å²) in [6.07, 6.45) is 22.0. The van der Waals surface area contributed by atoms with Gasteiger partial charge in [-0.05, 0) is 148 Å². The Hall–Kier alpha value is -13.0. The standard InChI is InChI=1S/C24H26F2N2O6.C23H22F2N2O5.C22H20F2N2O5.C20H17F3N2O3/c1-30-19-9-15(10-20(34-24(25)26)23(19)18(29)8-14-4-5-14)17-12-27-21-11-16(6-7-28(17)21)33-13-22(31-2)32-3;1-29-19-7-14(8-20(32-23(24)25)22(19)18(28)6-13-2-3-13)17-10-26-21-9-15(4-5-27(17)21)30-11-16-12-31-16;1-29-18-9-14(10-19(31-22(23)24)21(18)17(28)8-13-2-3-13)16-12-25-20-11-15(30-7-6-27)4-5-26(16)20;1-27-16-7-12(14-10-24-18-9-13(21)4-5-25(14)18)8-17(28-20(22)23)19(16)15(26)6-11-2-3-11/h6-7,9-12,14,22,24H,4-5,8,13H2,1-3H3;4-5,7-10,13,16,23H,2-3,6,11-12H2,1H3;4-6,9-13,22H,2-3,7-8H2,1H3;4-5,7-11,20H,2-3,6H2,1H3. The number of aromatic nitrogens is 8. The molecule has 5 fully saturated rings. The van der Waals surface area contributed by atoms with Crippen LogP contribution in [0.25, 0.3) is 67.6 Å². The molecule has 1 atom stereocenters. The van der Waals surface area contributed by atoms with Gasteiger partial charge in [0.25, 0.3) is 0 Å². The predicted molar refractivity (Wildman–Crippen MR) is 432 cm³/mol. The summed E-state index contributed by atoms with van der Waals surface area (Å²) in [4.78, 5) is 78.8. The third kappa shape index (κ3) is 22.2. The fraction of sp³-hybridized carbons (Fsp3) is 0.360. The van der Waals surface area contributed by atoms with E-state index >= 15 is 0 Å². The number of hydrogen-bond acceptors (Lipinski definition) is 23. The average molecular weight is 1740 g/mol. The molecule has 658 valence electrons. The molecule has 1 aliphatic heterocycles. The van der Waals surface area contributed by atoms with Gasteiger partial charge in [0.2, 0.25) is 0 Å². The minimum atomic E-state index is -3.09. The van der Waals surface area contributed by atoms with Crippen LogP contribution in [-0.4, -0.2) is 175 Å². The first-order valence-electron chi connectivity index (χ1n) is 39.8. The van der Waals surface area contributed by atoms with Gasteiger partial charge in [0.1, 0.15) is 140 Å². The van der Waals surface area contributed by atoms with E-state index in [1.165, 1.54) is 91.5 Å². The van der Waals surface area contributed by atoms with E-state index in [4.69, 9.17) is 61.6 Å². The second-order valence-corrected chi connectivity index (χ2v) is 29.9. The molecular formula is C89H85F9N8O19. The van der Waals surface area contributed by atoms with E-state index in [1.54, 1.807) is 115 Å². The maximum atomic E-state index is 13.4. The molecule has 0 radical (unpaired) electrons. The lowest BCUT2D eigenvalue weighted by molar-refractivity contribution is -0.121. The Kier molecular flexibility index (Phi) is 28.1. The number of epoxide rings is 1. The van der Waals surface area contributed by atoms with Crippen molar-refractivity contribution in [1.29, 1.82) is 0 Å². The number of alkyl halides is 8. The molecule has 17 rings (SSSR count). The number of nitrogens with zero attached hydrogens (tertiary/aromatic N) is 8. The van der Waals surface area contributed by atoms with Crippen molar-refractivity contribution in [2.75, 3.05) is 69.1 Å². The van der Waals surface area contributed by atoms with Gasteiger partial charge in [0.05, 0.1) is 82.6 Å². The maximum Gasteiger partial charge on any atom is 0.387 e. The minimum absolute atomic E-state index is 0.0123. The third-order valence-electron chi connectivity index (χ3n) is 21.0. The number of hydrogen-bond donors (Lipinski definition) is 0. The van der Waals surface area contributed by atoms with Crippen LogP contribution in [0.1, 0.15) is 118 Å². The van der Waals surface area contributed by atoms with Gasteiger partial charge in [-0.3, -0.25) is 41.6 Å². The van der Waals surface area contributed by atoms with Crippen molar-refractivity contribution in [3.63, 3.8) is 0 Å². The average Bonchev–Trinajstić information content (AvgIpc) is 1.77. The van der Waals surface area contributed by atoms with Crippen LogP contribution in [0, 0.1) is 29.5 Å². The zero-order valence-corrected chi connectivity index (χ0v) is 68.3. The molecule has 4 aliphatic carbocycles. The number of benzene rings is 4. The van der Waals surface area contributed by atoms with Crippen molar-refractivity contribution in [3.8, 4) is 108 Å². The Labute approximate surface area is 708 Å². The third-order valence-corrected chi connectivity index (χ3v) is 21.0. The van der Waals surface area contributed by atoms with Crippen LogP contribution in [0.15, 0.2) is 147 Å². The molecule has 5 aliphatic rings. The number of aldehydes is 1. The van der Waals surface area contributed by atoms with Crippen molar-refractivity contribution >= 4 is 52.0 Å². The molecule has 0 amide bonds. The van der Waals surface area contributed by atoms with E-state index in [1.807, 2.05) is 0 Å². The van der Waals surface area contributed by atoms with Crippen LogP contribution < -0.4 is 52.1 Å². The SMILES string of the molecule is COc1cc(-c2cnc3cc(F)ccn23)cc(OC(F)F)c1C(=O)CC1CC1.COc1cc(-c2cnc3cc(OCC(OC)OC)ccn23)cc(OC(F)F)c1C(=O)CC1CC1.COc1cc(-c2cnc3cc(OCC4CO4)ccn23)cc(OC(F)F)c1C(=O)CC1CC1.COc1cc(-c2cnc3cc(OCC=O)ccn23)cc(OC(F)F)c1C(=O)CC1CC1. The number of carbonyl (C=O) groups excluding carboxylic acids is 5. The maximum absolute atomic E-state index is 13.4. The van der Waals surface area contributed by atoms with Gasteiger partial charge in [-0.1, -0.05) is 0 Å². The molecule has 9 heterocycles. The Morgan fingerprint density at radius 2 is 0.680 bits per heavy atom. The highest BCUT2D eigenvalue weighted by Gasteiger charge is 2.36. The largest absolute Gasteiger partial charge is 0.496 e. The Bertz CT molecular complexity index is 5900. The lowest BCUT2D eigenvalue weighted by atomic mass is 10.00. The summed E-state index contributed by atoms with van der Waals surface area (Å²) in [5, 5.41) is 0. The van der Waals surface area contributed by atoms with Crippen molar-refractivity contribution in [3.05, 3.63) is 175 Å². The molecule has 12 aromatic rings. The Morgan fingerprint density at radius 1 is 0.400 bits per heavy atom. The van der Waals surface area contributed by atoms with E-state index in [0.717, 1.165) is 51.4 Å². The number of methoxy groups -OCH3 is 6. The van der Waals surface area contributed by atoms with E-state index in [0.29, 0.717) is 117 Å². The normalized spacial score (nSPS) is 14.6. The number of fused-ring (bicyclic) bond motifs is 4. The van der Waals surface area contributed by atoms with E-state index in [9.17, 15) is 63.5 Å². The fourth-order valence-corrected chi connectivity index (χ4v) is 14.0. The van der Waals surface area contributed by atoms with Crippen LogP contribution in [0.2, 0.25) is 0 Å². The molecule has 0 N–H and O–H groups in total. The number of rotatable bonds is 39. The van der Waals surface area contributed by atoms with Crippen molar-refractivity contribution < 1.29 is 130 Å². The molecule has 1 unspecified atom stereocenters. The smallest absolute Gasteiger partial charge is 0.387 e. The van der Waals surface area contributed by atoms with E-state index in [-0.39, 0.29) is 148 Å². The lowest BCUT2D eigenvalue weighted by Gasteiger charge is -2.16. The summed E-state index contributed by atoms with van der Waals surface area (Å²) in [6, 6.07) is 25.0. The number of Topliss-reactive ketones (excluding diaryl/α,β-unsaturated/α-hetero) is 4.